The van der Waals surface area contributed by atoms with Crippen molar-refractivity contribution in [1.82, 2.24) is 10.6 Å². The first-order chi connectivity index (χ1) is 8.09. The molecule has 1 amide bonds. The minimum absolute atomic E-state index is 0.0122. The third-order valence-electron chi connectivity index (χ3n) is 2.34. The van der Waals surface area contributed by atoms with Gasteiger partial charge in [-0.25, -0.2) is 4.39 Å². The van der Waals surface area contributed by atoms with Gasteiger partial charge in [0.25, 0.3) is 0 Å². The summed E-state index contributed by atoms with van der Waals surface area (Å²) in [5, 5.41) is 5.95. The minimum atomic E-state index is -0.225. The summed E-state index contributed by atoms with van der Waals surface area (Å²) in [6, 6.07) is 6.47. The van der Waals surface area contributed by atoms with E-state index in [9.17, 15) is 9.18 Å². The van der Waals surface area contributed by atoms with E-state index in [1.54, 1.807) is 6.07 Å². The van der Waals surface area contributed by atoms with E-state index in [1.165, 1.54) is 12.1 Å². The Morgan fingerprint density at radius 1 is 1.35 bits per heavy atom. The molecule has 94 valence electrons. The largest absolute Gasteiger partial charge is 0.355 e. The van der Waals surface area contributed by atoms with Gasteiger partial charge >= 0.3 is 0 Å². The summed E-state index contributed by atoms with van der Waals surface area (Å²) in [6.45, 7) is 5.58. The molecule has 0 heterocycles. The number of carbonyl (C=O) groups is 1. The molecule has 0 unspecified atom stereocenters. The van der Waals surface area contributed by atoms with Gasteiger partial charge in [-0.15, -0.1) is 0 Å². The van der Waals surface area contributed by atoms with Crippen molar-refractivity contribution in [2.45, 2.75) is 20.4 Å². The predicted molar refractivity (Wildman–Crippen MR) is 66.0 cm³/mol. The maximum absolute atomic E-state index is 12.9. The van der Waals surface area contributed by atoms with Gasteiger partial charge in [-0.3, -0.25) is 4.79 Å². The van der Waals surface area contributed by atoms with Gasteiger partial charge in [-0.1, -0.05) is 26.0 Å². The molecule has 0 atom stereocenters. The Morgan fingerprint density at radius 3 is 2.76 bits per heavy atom. The number of halogens is 1. The molecule has 4 heteroatoms. The molecule has 1 aromatic carbocycles. The van der Waals surface area contributed by atoms with Gasteiger partial charge in [-0.2, -0.15) is 0 Å². The monoisotopic (exact) mass is 238 g/mol. The fourth-order valence-corrected chi connectivity index (χ4v) is 1.36. The number of amides is 1. The van der Waals surface area contributed by atoms with Crippen molar-refractivity contribution in [3.05, 3.63) is 35.6 Å². The van der Waals surface area contributed by atoms with Gasteiger partial charge in [0.15, 0.2) is 0 Å². The Kier molecular flexibility index (Phi) is 5.63. The van der Waals surface area contributed by atoms with E-state index in [2.05, 4.69) is 10.6 Å². The van der Waals surface area contributed by atoms with Crippen molar-refractivity contribution in [1.29, 1.82) is 0 Å². The van der Waals surface area contributed by atoms with E-state index >= 15 is 0 Å². The Hall–Kier alpha value is -1.42. The average Bonchev–Trinajstić information content (AvgIpc) is 2.28. The number of hydrogen-bond acceptors (Lipinski definition) is 2. The molecule has 0 bridgehead atoms. The molecule has 0 radical (unpaired) electrons. The van der Waals surface area contributed by atoms with Crippen LogP contribution in [-0.2, 0) is 11.3 Å². The van der Waals surface area contributed by atoms with E-state index in [0.717, 1.165) is 5.56 Å². The summed E-state index contributed by atoms with van der Waals surface area (Å²) in [7, 11) is 0. The van der Waals surface area contributed by atoms with Crippen LogP contribution in [0.4, 0.5) is 4.39 Å². The standard InChI is InChI=1S/C13H19FN2O/c1-10(2)13(17)16-7-6-15-9-11-4-3-5-12(14)8-11/h3-5,8,10,15H,6-7,9H2,1-2H3,(H,16,17). The smallest absolute Gasteiger partial charge is 0.222 e. The maximum atomic E-state index is 12.9. The zero-order valence-electron chi connectivity index (χ0n) is 10.3. The Labute approximate surface area is 101 Å². The lowest BCUT2D eigenvalue weighted by Gasteiger charge is -2.08. The SMILES string of the molecule is CC(C)C(=O)NCCNCc1cccc(F)c1. The van der Waals surface area contributed by atoms with Crippen LogP contribution in [0.1, 0.15) is 19.4 Å². The number of hydrogen-bond donors (Lipinski definition) is 2. The Balaban J connectivity index is 2.14. The molecular weight excluding hydrogens is 219 g/mol. The lowest BCUT2D eigenvalue weighted by molar-refractivity contribution is -0.123. The lowest BCUT2D eigenvalue weighted by atomic mass is 10.2. The van der Waals surface area contributed by atoms with Crippen molar-refractivity contribution >= 4 is 5.91 Å². The first-order valence-electron chi connectivity index (χ1n) is 5.82. The number of rotatable bonds is 6. The fraction of sp³-hybridized carbons (Fsp3) is 0.462. The van der Waals surface area contributed by atoms with Crippen LogP contribution < -0.4 is 10.6 Å². The fourth-order valence-electron chi connectivity index (χ4n) is 1.36. The molecule has 0 saturated carbocycles. The van der Waals surface area contributed by atoms with Crippen LogP contribution >= 0.6 is 0 Å². The number of benzene rings is 1. The molecule has 3 nitrogen and oxygen atoms in total. The van der Waals surface area contributed by atoms with Crippen LogP contribution in [0, 0.1) is 11.7 Å². The Morgan fingerprint density at radius 2 is 2.12 bits per heavy atom. The number of nitrogens with one attached hydrogen (secondary N) is 2. The van der Waals surface area contributed by atoms with Crippen molar-refractivity contribution in [3.8, 4) is 0 Å². The van der Waals surface area contributed by atoms with Gasteiger partial charge in [0.2, 0.25) is 5.91 Å². The van der Waals surface area contributed by atoms with E-state index in [4.69, 9.17) is 0 Å². The third kappa shape index (κ3) is 5.45. The third-order valence-corrected chi connectivity index (χ3v) is 2.34. The molecule has 0 aliphatic carbocycles. The van der Waals surface area contributed by atoms with Crippen LogP contribution in [0.5, 0.6) is 0 Å². The summed E-state index contributed by atoms with van der Waals surface area (Å²) < 4.78 is 12.9. The normalized spacial score (nSPS) is 10.6. The highest BCUT2D eigenvalue weighted by Crippen LogP contribution is 2.02. The lowest BCUT2D eigenvalue weighted by Crippen LogP contribution is -2.34. The molecule has 0 aromatic heterocycles. The molecule has 1 rings (SSSR count). The summed E-state index contributed by atoms with van der Waals surface area (Å²) >= 11 is 0. The maximum Gasteiger partial charge on any atom is 0.222 e. The molecule has 0 aliphatic heterocycles. The van der Waals surface area contributed by atoms with Gasteiger partial charge in [0, 0.05) is 25.6 Å². The molecule has 0 aliphatic rings. The first kappa shape index (κ1) is 13.6. The van der Waals surface area contributed by atoms with Gasteiger partial charge in [0.05, 0.1) is 0 Å². The van der Waals surface area contributed by atoms with Crippen molar-refractivity contribution in [2.75, 3.05) is 13.1 Å². The summed E-state index contributed by atoms with van der Waals surface area (Å²) in [5.41, 5.74) is 0.903. The van der Waals surface area contributed by atoms with Crippen LogP contribution in [0.3, 0.4) is 0 Å². The highest BCUT2D eigenvalue weighted by atomic mass is 19.1. The second kappa shape index (κ2) is 7.01. The van der Waals surface area contributed by atoms with E-state index < -0.39 is 0 Å². The summed E-state index contributed by atoms with van der Waals surface area (Å²) in [4.78, 5) is 11.2. The van der Waals surface area contributed by atoms with Crippen molar-refractivity contribution in [3.63, 3.8) is 0 Å². The van der Waals surface area contributed by atoms with Crippen molar-refractivity contribution in [2.24, 2.45) is 5.92 Å². The van der Waals surface area contributed by atoms with E-state index in [-0.39, 0.29) is 17.6 Å². The van der Waals surface area contributed by atoms with E-state index in [0.29, 0.717) is 19.6 Å². The zero-order valence-corrected chi connectivity index (χ0v) is 10.3. The second-order valence-corrected chi connectivity index (χ2v) is 4.25. The quantitative estimate of drug-likeness (QED) is 0.740. The molecule has 0 fully saturated rings. The highest BCUT2D eigenvalue weighted by Gasteiger charge is 2.04. The summed E-state index contributed by atoms with van der Waals surface area (Å²) in [5.74, 6) is -0.159. The topological polar surface area (TPSA) is 41.1 Å². The molecule has 17 heavy (non-hydrogen) atoms. The van der Waals surface area contributed by atoms with Gasteiger partial charge < -0.3 is 10.6 Å². The molecule has 2 N–H and O–H groups in total. The molecule has 1 aromatic rings. The predicted octanol–water partition coefficient (Wildman–Crippen LogP) is 1.69. The average molecular weight is 238 g/mol. The number of carbonyl (C=O) groups excluding carboxylic acids is 1. The van der Waals surface area contributed by atoms with Crippen LogP contribution in [0.2, 0.25) is 0 Å². The summed E-state index contributed by atoms with van der Waals surface area (Å²) in [6.07, 6.45) is 0. The second-order valence-electron chi connectivity index (χ2n) is 4.25. The van der Waals surface area contributed by atoms with Crippen LogP contribution in [-0.4, -0.2) is 19.0 Å². The van der Waals surface area contributed by atoms with Gasteiger partial charge in [0.1, 0.15) is 5.82 Å². The molecular formula is C13H19FN2O. The Bertz CT molecular complexity index is 366. The highest BCUT2D eigenvalue weighted by molar-refractivity contribution is 5.77. The van der Waals surface area contributed by atoms with Crippen LogP contribution in [0.25, 0.3) is 0 Å². The van der Waals surface area contributed by atoms with Crippen molar-refractivity contribution < 1.29 is 9.18 Å². The first-order valence-corrected chi connectivity index (χ1v) is 5.82. The zero-order chi connectivity index (χ0) is 12.7. The van der Waals surface area contributed by atoms with Gasteiger partial charge in [-0.05, 0) is 17.7 Å². The minimum Gasteiger partial charge on any atom is -0.355 e. The van der Waals surface area contributed by atoms with E-state index in [1.807, 2.05) is 19.9 Å². The molecule has 0 spiro atoms. The van der Waals surface area contributed by atoms with Crippen LogP contribution in [0.15, 0.2) is 24.3 Å². The molecule has 0 saturated heterocycles.